The molecule has 61 heavy (non-hydrogen) atoms. The van der Waals surface area contributed by atoms with E-state index >= 15 is 0 Å². The van der Waals surface area contributed by atoms with Gasteiger partial charge >= 0.3 is 34.3 Å². The fourth-order valence-electron chi connectivity index (χ4n) is 7.77. The van der Waals surface area contributed by atoms with Gasteiger partial charge in [0.2, 0.25) is 0 Å². The molecule has 0 bridgehead atoms. The minimum absolute atomic E-state index is 0.281. The van der Waals surface area contributed by atoms with Crippen molar-refractivity contribution < 1.29 is 34.6 Å². The quantitative estimate of drug-likeness (QED) is 0.0950. The first-order chi connectivity index (χ1) is 29.7. The second-order valence-electron chi connectivity index (χ2n) is 14.5. The maximum atomic E-state index is 9.75. The molecular weight excluding hydrogens is 914 g/mol. The summed E-state index contributed by atoms with van der Waals surface area (Å²) in [4.78, 5) is 0. The van der Waals surface area contributed by atoms with E-state index in [1.54, 1.807) is 0 Å². The summed E-state index contributed by atoms with van der Waals surface area (Å²) in [5.74, 6) is 0. The van der Waals surface area contributed by atoms with Gasteiger partial charge in [0.15, 0.2) is 0 Å². The fraction of sp³-hybridized carbons (Fsp3) is 0.120. The van der Waals surface area contributed by atoms with Gasteiger partial charge < -0.3 is 28.7 Å². The fourth-order valence-corrected chi connectivity index (χ4v) is 12.7. The average molecular weight is 960 g/mol. The Bertz CT molecular complexity index is 2320. The van der Waals surface area contributed by atoms with Crippen LogP contribution in [0.15, 0.2) is 194 Å². The Labute approximate surface area is 373 Å². The predicted molar refractivity (Wildman–Crippen MR) is 255 cm³/mol. The largest absolute Gasteiger partial charge is 0.0622 e. The van der Waals surface area contributed by atoms with Gasteiger partial charge in [-0.05, 0) is 93.2 Å². The van der Waals surface area contributed by atoms with Gasteiger partial charge in [-0.3, -0.25) is 0 Å². The van der Waals surface area contributed by atoms with E-state index in [4.69, 9.17) is 11.5 Å². The molecule has 1 fully saturated rings. The summed E-state index contributed by atoms with van der Waals surface area (Å²) < 4.78 is 39.0. The molecule has 0 heterocycles. The van der Waals surface area contributed by atoms with Crippen LogP contribution in [0.1, 0.15) is 25.7 Å². The maximum Gasteiger partial charge on any atom is -0.000884 e. The smallest absolute Gasteiger partial charge is 0.000884 e. The SMILES string of the molecule is F[B-](F)(F)F.N[C@@H]1CCCC[C@H]1N.[Cl][Ru+].c1ccc(P(c2ccccc2)c2ccc3ccccc3c2-c2c(P(c3ccccc3)c3ccccc3)ccc3ccccc23)cc1. The molecule has 8 aromatic carbocycles. The van der Waals surface area contributed by atoms with E-state index in [1.165, 1.54) is 77.3 Å². The van der Waals surface area contributed by atoms with Crippen LogP contribution in [-0.2, 0) is 17.3 Å². The normalized spacial score (nSPS) is 14.9. The van der Waals surface area contributed by atoms with Crippen LogP contribution >= 0.6 is 25.5 Å². The third-order valence-corrected chi connectivity index (χ3v) is 15.4. The van der Waals surface area contributed by atoms with Crippen molar-refractivity contribution in [3.8, 4) is 11.1 Å². The molecule has 2 atom stereocenters. The molecule has 0 spiro atoms. The Balaban J connectivity index is 0.000000356. The van der Waals surface area contributed by atoms with Crippen LogP contribution in [-0.4, -0.2) is 19.3 Å². The van der Waals surface area contributed by atoms with Crippen molar-refractivity contribution in [1.82, 2.24) is 0 Å². The van der Waals surface area contributed by atoms with Crippen molar-refractivity contribution in [3.05, 3.63) is 194 Å². The molecule has 2 nitrogen and oxygen atoms in total. The number of hydrogen-bond acceptors (Lipinski definition) is 2. The Morgan fingerprint density at radius 3 is 0.951 bits per heavy atom. The number of fused-ring (bicyclic) bond motifs is 2. The van der Waals surface area contributed by atoms with E-state index in [1.807, 2.05) is 17.3 Å². The van der Waals surface area contributed by atoms with E-state index in [-0.39, 0.29) is 12.1 Å². The van der Waals surface area contributed by atoms with E-state index in [0.29, 0.717) is 0 Å². The first kappa shape index (κ1) is 46.3. The first-order valence-corrected chi connectivity index (χ1v) is 25.0. The molecule has 8 aromatic rings. The number of benzene rings is 8. The summed E-state index contributed by atoms with van der Waals surface area (Å²) in [7, 11) is -3.14. The zero-order chi connectivity index (χ0) is 43.2. The van der Waals surface area contributed by atoms with Gasteiger partial charge in [0.25, 0.3) is 0 Å². The van der Waals surface area contributed by atoms with Gasteiger partial charge in [-0.15, -0.1) is 0 Å². The van der Waals surface area contributed by atoms with E-state index in [9.17, 15) is 17.3 Å². The van der Waals surface area contributed by atoms with Gasteiger partial charge in [0.1, 0.15) is 0 Å². The molecule has 4 N–H and O–H groups in total. The molecule has 11 heteroatoms. The van der Waals surface area contributed by atoms with Gasteiger partial charge in [-0.25, -0.2) is 0 Å². The van der Waals surface area contributed by atoms with E-state index in [2.05, 4.69) is 204 Å². The Hall–Kier alpha value is -4.24. The molecule has 1 aliphatic carbocycles. The van der Waals surface area contributed by atoms with Crippen LogP contribution in [0.4, 0.5) is 17.3 Å². The second-order valence-corrected chi connectivity index (χ2v) is 18.9. The average Bonchev–Trinajstić information content (AvgIpc) is 3.29. The van der Waals surface area contributed by atoms with Gasteiger partial charge in [-0.1, -0.05) is 207 Å². The number of halogens is 5. The second kappa shape index (κ2) is 22.7. The number of hydrogen-bond donors (Lipinski definition) is 2. The summed E-state index contributed by atoms with van der Waals surface area (Å²) in [6.07, 6.45) is 4.80. The number of nitrogens with two attached hydrogens (primary N) is 2. The van der Waals surface area contributed by atoms with Crippen molar-refractivity contribution in [2.75, 3.05) is 0 Å². The predicted octanol–water partition coefficient (Wildman–Crippen LogP) is 11.4. The Kier molecular flexibility index (Phi) is 17.2. The standard InChI is InChI=1S/C44H32P2.C6H14N2.BF4.ClH.Ru/c1-5-19-35(20-6-1)45(36-21-7-2-8-22-36)41-31-29-33-17-13-15-27-39(33)43(41)44-40-28-16-14-18-34(40)30-32-42(44)46(37-23-9-3-10-24-37)38-25-11-4-12-26-38;7-5-3-1-2-4-6(5)8;2-1(3,4)5;;/h1-32H;5-6H,1-4,7-8H2;;1H;/q;;-1;;+2/p-1/t;5-,6-;;;/m.1.../s1. The molecule has 0 radical (unpaired) electrons. The van der Waals surface area contributed by atoms with E-state index in [0.717, 1.165) is 12.8 Å². The molecule has 312 valence electrons. The van der Waals surface area contributed by atoms with Gasteiger partial charge in [0.05, 0.1) is 0 Å². The zero-order valence-corrected chi connectivity index (χ0v) is 37.6. The minimum Gasteiger partial charge on any atom is -0.0622 e. The minimum atomic E-state index is -6.00. The summed E-state index contributed by atoms with van der Waals surface area (Å²) in [6.45, 7) is 0. The summed E-state index contributed by atoms with van der Waals surface area (Å²) in [5, 5.41) is 13.3. The Morgan fingerprint density at radius 1 is 0.410 bits per heavy atom. The summed E-state index contributed by atoms with van der Waals surface area (Å²) in [5.41, 5.74) is 14.0. The maximum absolute atomic E-state index is 9.75. The summed E-state index contributed by atoms with van der Waals surface area (Å²) >= 11 is 1.82. The van der Waals surface area contributed by atoms with E-state index < -0.39 is 23.1 Å². The Morgan fingerprint density at radius 2 is 0.672 bits per heavy atom. The first-order valence-electron chi connectivity index (χ1n) is 20.0. The molecule has 1 aliphatic rings. The van der Waals surface area contributed by atoms with Crippen LogP contribution in [0.3, 0.4) is 0 Å². The zero-order valence-electron chi connectivity index (χ0n) is 33.3. The molecule has 1 saturated carbocycles. The van der Waals surface area contributed by atoms with Crippen LogP contribution in [0.25, 0.3) is 32.7 Å². The van der Waals surface area contributed by atoms with Crippen molar-refractivity contribution in [1.29, 1.82) is 0 Å². The molecule has 0 amide bonds. The van der Waals surface area contributed by atoms with Crippen molar-refractivity contribution in [2.24, 2.45) is 11.5 Å². The number of rotatable bonds is 7. The molecule has 0 aliphatic heterocycles. The van der Waals surface area contributed by atoms with Gasteiger partial charge in [-0.2, -0.15) is 0 Å². The van der Waals surface area contributed by atoms with Crippen LogP contribution in [0.5, 0.6) is 0 Å². The van der Waals surface area contributed by atoms with Crippen molar-refractivity contribution in [2.45, 2.75) is 37.8 Å². The molecule has 0 saturated heterocycles. The topological polar surface area (TPSA) is 52.0 Å². The monoisotopic (exact) mass is 960 g/mol. The van der Waals surface area contributed by atoms with Crippen LogP contribution in [0.2, 0.25) is 0 Å². The van der Waals surface area contributed by atoms with Crippen molar-refractivity contribution in [3.63, 3.8) is 0 Å². The van der Waals surface area contributed by atoms with Crippen LogP contribution < -0.4 is 43.3 Å². The van der Waals surface area contributed by atoms with Gasteiger partial charge in [0, 0.05) is 12.1 Å². The summed E-state index contributed by atoms with van der Waals surface area (Å²) in [6, 6.07) is 72.4. The molecule has 0 aromatic heterocycles. The third kappa shape index (κ3) is 12.2. The molecule has 0 unspecified atom stereocenters. The third-order valence-electron chi connectivity index (χ3n) is 10.5. The van der Waals surface area contributed by atoms with Crippen molar-refractivity contribution >= 4 is 86.2 Å². The molecule has 9 rings (SSSR count). The van der Waals surface area contributed by atoms with Crippen LogP contribution in [0, 0.1) is 0 Å². The molecular formula is C50H46BClF4N2P2Ru.